The highest BCUT2D eigenvalue weighted by Crippen LogP contribution is 2.22. The Balaban J connectivity index is 1.82. The predicted octanol–water partition coefficient (Wildman–Crippen LogP) is 4.46. The van der Waals surface area contributed by atoms with Crippen LogP contribution in [-0.2, 0) is 19.4 Å². The van der Waals surface area contributed by atoms with E-state index in [1.54, 1.807) is 4.57 Å². The number of imidazole rings is 1. The Morgan fingerprint density at radius 2 is 1.72 bits per heavy atom. The molecule has 3 N–H and O–H groups in total. The van der Waals surface area contributed by atoms with Crippen LogP contribution in [0.1, 0.15) is 70.3 Å². The average Bonchev–Trinajstić information content (AvgIpc) is 2.97. The molecule has 1 aromatic carbocycles. The first-order valence-electron chi connectivity index (χ1n) is 10.6. The van der Waals surface area contributed by atoms with E-state index in [4.69, 9.17) is 5.73 Å². The van der Waals surface area contributed by atoms with Gasteiger partial charge in [0.25, 0.3) is 0 Å². The molecule has 0 saturated carbocycles. The van der Waals surface area contributed by atoms with Crippen molar-refractivity contribution in [1.82, 2.24) is 19.5 Å². The number of hydrogen-bond donors (Lipinski definition) is 2. The van der Waals surface area contributed by atoms with Gasteiger partial charge in [-0.25, -0.2) is 14.8 Å². The Labute approximate surface area is 172 Å². The zero-order valence-electron chi connectivity index (χ0n) is 18.1. The predicted molar refractivity (Wildman–Crippen MR) is 119 cm³/mol. The molecule has 0 aliphatic carbocycles. The summed E-state index contributed by atoms with van der Waals surface area (Å²) >= 11 is 0. The van der Waals surface area contributed by atoms with Crippen LogP contribution in [0, 0.1) is 5.41 Å². The van der Waals surface area contributed by atoms with Crippen molar-refractivity contribution in [3.05, 3.63) is 51.7 Å². The van der Waals surface area contributed by atoms with Crippen molar-refractivity contribution in [3.63, 3.8) is 0 Å². The fourth-order valence-corrected chi connectivity index (χ4v) is 3.40. The smallest absolute Gasteiger partial charge is 0.328 e. The van der Waals surface area contributed by atoms with Gasteiger partial charge in [0, 0.05) is 6.42 Å². The zero-order chi connectivity index (χ0) is 21.0. The van der Waals surface area contributed by atoms with Crippen LogP contribution in [0.5, 0.6) is 0 Å². The molecule has 0 radical (unpaired) electrons. The number of nitrogens with two attached hydrogens (primary N) is 1. The SMILES string of the molecule is CCCCCc1nc(N)c2[nH]c(=O)n(Cc3ccc(CCC(C)(C)C)cc3)c2n1. The first-order valence-corrected chi connectivity index (χ1v) is 10.6. The second-order valence-electron chi connectivity index (χ2n) is 9.07. The summed E-state index contributed by atoms with van der Waals surface area (Å²) in [4.78, 5) is 24.4. The van der Waals surface area contributed by atoms with Crippen LogP contribution in [0.25, 0.3) is 11.2 Å². The molecule has 3 rings (SSSR count). The van der Waals surface area contributed by atoms with Crippen molar-refractivity contribution in [2.75, 3.05) is 5.73 Å². The van der Waals surface area contributed by atoms with Gasteiger partial charge < -0.3 is 10.7 Å². The van der Waals surface area contributed by atoms with E-state index in [9.17, 15) is 4.79 Å². The van der Waals surface area contributed by atoms with Crippen LogP contribution >= 0.6 is 0 Å². The number of unbranched alkanes of at least 4 members (excludes halogenated alkanes) is 2. The monoisotopic (exact) mass is 395 g/mol. The summed E-state index contributed by atoms with van der Waals surface area (Å²) in [5.74, 6) is 1.05. The van der Waals surface area contributed by atoms with Crippen molar-refractivity contribution in [2.45, 2.75) is 72.8 Å². The maximum atomic E-state index is 12.5. The molecule has 0 atom stereocenters. The van der Waals surface area contributed by atoms with Gasteiger partial charge in [0.05, 0.1) is 6.54 Å². The Morgan fingerprint density at radius 3 is 2.38 bits per heavy atom. The summed E-state index contributed by atoms with van der Waals surface area (Å²) in [5, 5.41) is 0. The highest BCUT2D eigenvalue weighted by atomic mass is 16.1. The molecule has 0 amide bonds. The molecule has 0 fully saturated rings. The van der Waals surface area contributed by atoms with Crippen LogP contribution < -0.4 is 11.4 Å². The highest BCUT2D eigenvalue weighted by molar-refractivity contribution is 5.81. The maximum Gasteiger partial charge on any atom is 0.328 e. The molecule has 3 aromatic rings. The van der Waals surface area contributed by atoms with Gasteiger partial charge in [0.15, 0.2) is 11.5 Å². The number of aromatic amines is 1. The molecular formula is C23H33N5O. The lowest BCUT2D eigenvalue weighted by Crippen LogP contribution is -2.18. The number of hydrogen-bond acceptors (Lipinski definition) is 4. The van der Waals surface area contributed by atoms with E-state index in [0.29, 0.717) is 34.8 Å². The van der Waals surface area contributed by atoms with Gasteiger partial charge in [-0.1, -0.05) is 64.8 Å². The molecule has 6 heteroatoms. The summed E-state index contributed by atoms with van der Waals surface area (Å²) in [6.45, 7) is 9.40. The van der Waals surface area contributed by atoms with E-state index >= 15 is 0 Å². The van der Waals surface area contributed by atoms with Crippen LogP contribution in [0.2, 0.25) is 0 Å². The normalized spacial score (nSPS) is 12.0. The number of rotatable bonds is 8. The zero-order valence-corrected chi connectivity index (χ0v) is 18.1. The molecule has 2 heterocycles. The number of nitrogens with zero attached hydrogens (tertiary/aromatic N) is 3. The van der Waals surface area contributed by atoms with E-state index in [2.05, 4.69) is 66.9 Å². The summed E-state index contributed by atoms with van der Waals surface area (Å²) < 4.78 is 1.65. The first-order chi connectivity index (χ1) is 13.8. The molecule has 0 saturated heterocycles. The van der Waals surface area contributed by atoms with E-state index in [1.165, 1.54) is 5.56 Å². The average molecular weight is 396 g/mol. The molecule has 0 unspecified atom stereocenters. The van der Waals surface area contributed by atoms with Crippen molar-refractivity contribution >= 4 is 17.0 Å². The van der Waals surface area contributed by atoms with Crippen molar-refractivity contribution < 1.29 is 0 Å². The van der Waals surface area contributed by atoms with Crippen LogP contribution in [-0.4, -0.2) is 19.5 Å². The minimum atomic E-state index is -0.205. The summed E-state index contributed by atoms with van der Waals surface area (Å²) in [5.41, 5.74) is 9.71. The lowest BCUT2D eigenvalue weighted by atomic mass is 9.88. The topological polar surface area (TPSA) is 89.6 Å². The number of aryl methyl sites for hydroxylation is 2. The summed E-state index contributed by atoms with van der Waals surface area (Å²) in [6.07, 6.45) is 6.26. The second kappa shape index (κ2) is 8.80. The lowest BCUT2D eigenvalue weighted by Gasteiger charge is -2.17. The van der Waals surface area contributed by atoms with Crippen LogP contribution in [0.15, 0.2) is 29.1 Å². The summed E-state index contributed by atoms with van der Waals surface area (Å²) in [7, 11) is 0. The fraction of sp³-hybridized carbons (Fsp3) is 0.522. The number of aromatic nitrogens is 4. The van der Waals surface area contributed by atoms with Crippen molar-refractivity contribution in [2.24, 2.45) is 5.41 Å². The van der Waals surface area contributed by atoms with Gasteiger partial charge in [-0.05, 0) is 35.8 Å². The van der Waals surface area contributed by atoms with Gasteiger partial charge in [-0.2, -0.15) is 0 Å². The van der Waals surface area contributed by atoms with Gasteiger partial charge in [0.1, 0.15) is 11.3 Å². The highest BCUT2D eigenvalue weighted by Gasteiger charge is 2.14. The largest absolute Gasteiger partial charge is 0.382 e. The third kappa shape index (κ3) is 5.46. The number of nitrogens with one attached hydrogen (secondary N) is 1. The minimum absolute atomic E-state index is 0.205. The molecule has 0 aliphatic rings. The Bertz CT molecular complexity index is 1010. The number of anilines is 1. The molecule has 29 heavy (non-hydrogen) atoms. The van der Waals surface area contributed by atoms with Gasteiger partial charge >= 0.3 is 5.69 Å². The quantitative estimate of drug-likeness (QED) is 0.551. The molecule has 6 nitrogen and oxygen atoms in total. The molecular weight excluding hydrogens is 362 g/mol. The Kier molecular flexibility index (Phi) is 6.40. The Morgan fingerprint density at radius 1 is 1.03 bits per heavy atom. The number of benzene rings is 1. The number of H-pyrrole nitrogens is 1. The van der Waals surface area contributed by atoms with Crippen molar-refractivity contribution in [3.8, 4) is 0 Å². The Hall–Kier alpha value is -2.63. The molecule has 0 spiro atoms. The number of fused-ring (bicyclic) bond motifs is 1. The molecule has 0 aliphatic heterocycles. The van der Waals surface area contributed by atoms with Crippen molar-refractivity contribution in [1.29, 1.82) is 0 Å². The lowest BCUT2D eigenvalue weighted by molar-refractivity contribution is 0.378. The van der Waals surface area contributed by atoms with E-state index in [1.807, 2.05) is 0 Å². The third-order valence-electron chi connectivity index (χ3n) is 5.23. The maximum absolute atomic E-state index is 12.5. The summed E-state index contributed by atoms with van der Waals surface area (Å²) in [6, 6.07) is 8.49. The molecule has 156 valence electrons. The van der Waals surface area contributed by atoms with Crippen LogP contribution in [0.4, 0.5) is 5.82 Å². The second-order valence-corrected chi connectivity index (χ2v) is 9.07. The fourth-order valence-electron chi connectivity index (χ4n) is 3.40. The third-order valence-corrected chi connectivity index (χ3v) is 5.23. The molecule has 2 aromatic heterocycles. The first kappa shape index (κ1) is 21.1. The van der Waals surface area contributed by atoms with Gasteiger partial charge in [0.2, 0.25) is 0 Å². The van der Waals surface area contributed by atoms with Gasteiger partial charge in [-0.15, -0.1) is 0 Å². The standard InChI is InChI=1S/C23H33N5O/c1-5-6-7-8-18-25-20(24)19-21(26-18)28(22(29)27-19)15-17-11-9-16(10-12-17)13-14-23(2,3)4/h9-12H,5-8,13-15H2,1-4H3,(H,27,29)(H2,24,25,26). The van der Waals surface area contributed by atoms with E-state index < -0.39 is 0 Å². The van der Waals surface area contributed by atoms with E-state index in [0.717, 1.165) is 44.1 Å². The number of nitrogen functional groups attached to an aromatic ring is 1. The minimum Gasteiger partial charge on any atom is -0.382 e. The van der Waals surface area contributed by atoms with Gasteiger partial charge in [-0.3, -0.25) is 4.57 Å². The van der Waals surface area contributed by atoms with Crippen LogP contribution in [0.3, 0.4) is 0 Å². The molecule has 0 bridgehead atoms. The van der Waals surface area contributed by atoms with E-state index in [-0.39, 0.29) is 5.69 Å².